The summed E-state index contributed by atoms with van der Waals surface area (Å²) >= 11 is 6.63. The quantitative estimate of drug-likeness (QED) is 0.515. The molecule has 0 fully saturated rings. The van der Waals surface area contributed by atoms with Crippen LogP contribution in [0.4, 0.5) is 0 Å². The van der Waals surface area contributed by atoms with E-state index in [1.807, 2.05) is 0 Å². The van der Waals surface area contributed by atoms with Crippen LogP contribution < -0.4 is 20.3 Å². The number of unbranched alkanes of at least 4 members (excludes halogenated alkanes) is 2. The third kappa shape index (κ3) is 2.77. The van der Waals surface area contributed by atoms with Gasteiger partial charge in [0.05, 0.1) is 10.9 Å². The van der Waals surface area contributed by atoms with E-state index in [9.17, 15) is 9.59 Å². The highest BCUT2D eigenvalue weighted by atomic mass is 32.1. The molecule has 2 N–H and O–H groups in total. The number of aromatic nitrogens is 2. The number of hydrogen-bond acceptors (Lipinski definition) is 6. The molecule has 0 radical (unpaired) electrons. The number of H-pyrrole nitrogens is 1. The van der Waals surface area contributed by atoms with Gasteiger partial charge in [0, 0.05) is 12.6 Å². The normalized spacial score (nSPS) is 12.8. The number of carbonyl (C=O) groups is 1. The first-order valence-corrected chi connectivity index (χ1v) is 9.62. The van der Waals surface area contributed by atoms with Gasteiger partial charge in [-0.2, -0.15) is 0 Å². The van der Waals surface area contributed by atoms with E-state index in [1.54, 1.807) is 16.5 Å². The third-order valence-corrected chi connectivity index (χ3v) is 5.66. The fourth-order valence-corrected chi connectivity index (χ4v) is 4.29. The molecule has 26 heavy (non-hydrogen) atoms. The van der Waals surface area contributed by atoms with E-state index >= 15 is 0 Å². The number of thiazole rings is 1. The smallest absolute Gasteiger partial charge is 0.265 e. The number of amides is 1. The molecule has 1 aliphatic heterocycles. The molecule has 136 valence electrons. The number of rotatable bonds is 5. The van der Waals surface area contributed by atoms with Crippen LogP contribution in [-0.4, -0.2) is 28.6 Å². The van der Waals surface area contributed by atoms with E-state index in [2.05, 4.69) is 17.2 Å². The Morgan fingerprint density at radius 3 is 2.88 bits per heavy atom. The molecule has 1 amide bonds. The number of carbonyl (C=O) groups excluding carboxylic acids is 1. The molecule has 0 unspecified atom stereocenters. The predicted molar refractivity (Wildman–Crippen MR) is 102 cm³/mol. The Morgan fingerprint density at radius 1 is 1.35 bits per heavy atom. The Morgan fingerprint density at radius 2 is 2.12 bits per heavy atom. The lowest BCUT2D eigenvalue weighted by molar-refractivity contribution is 0.0958. The van der Waals surface area contributed by atoms with Gasteiger partial charge in [-0.15, -0.1) is 0 Å². The number of ether oxygens (including phenoxy) is 2. The van der Waals surface area contributed by atoms with Crippen LogP contribution >= 0.6 is 23.6 Å². The van der Waals surface area contributed by atoms with E-state index < -0.39 is 0 Å². The minimum absolute atomic E-state index is 0.118. The molecular formula is C17H17N3O4S2. The molecule has 1 aliphatic rings. The molecule has 0 saturated carbocycles. The molecule has 3 aromatic rings. The minimum Gasteiger partial charge on any atom is -0.454 e. The first-order chi connectivity index (χ1) is 12.6. The number of benzene rings is 1. The monoisotopic (exact) mass is 391 g/mol. The Bertz CT molecular complexity index is 1130. The summed E-state index contributed by atoms with van der Waals surface area (Å²) < 4.78 is 12.9. The molecule has 3 heterocycles. The molecule has 0 bridgehead atoms. The zero-order valence-corrected chi connectivity index (χ0v) is 15.7. The van der Waals surface area contributed by atoms with E-state index in [-0.39, 0.29) is 18.3 Å². The van der Waals surface area contributed by atoms with Gasteiger partial charge in [-0.25, -0.2) is 0 Å². The van der Waals surface area contributed by atoms with Gasteiger partial charge < -0.3 is 19.8 Å². The van der Waals surface area contributed by atoms with E-state index in [0.29, 0.717) is 43.4 Å². The van der Waals surface area contributed by atoms with Gasteiger partial charge in [0.15, 0.2) is 15.5 Å². The van der Waals surface area contributed by atoms with Crippen molar-refractivity contribution in [3.05, 3.63) is 31.3 Å². The average Bonchev–Trinajstić information content (AvgIpc) is 3.21. The predicted octanol–water partition coefficient (Wildman–Crippen LogP) is 3.22. The maximum atomic E-state index is 12.5. The lowest BCUT2D eigenvalue weighted by atomic mass is 10.2. The summed E-state index contributed by atoms with van der Waals surface area (Å²) in [5.74, 6) is 0.858. The molecule has 4 rings (SSSR count). The maximum Gasteiger partial charge on any atom is 0.265 e. The molecule has 0 aliphatic carbocycles. The second-order valence-electron chi connectivity index (χ2n) is 6.02. The highest BCUT2D eigenvalue weighted by molar-refractivity contribution is 7.73. The van der Waals surface area contributed by atoms with Gasteiger partial charge in [0.25, 0.3) is 11.5 Å². The van der Waals surface area contributed by atoms with Crippen molar-refractivity contribution >= 4 is 46.0 Å². The number of fused-ring (bicyclic) bond motifs is 4. The fourth-order valence-electron chi connectivity index (χ4n) is 2.99. The van der Waals surface area contributed by atoms with Crippen LogP contribution in [0.2, 0.25) is 0 Å². The van der Waals surface area contributed by atoms with Crippen LogP contribution in [0.1, 0.15) is 35.9 Å². The zero-order chi connectivity index (χ0) is 18.3. The van der Waals surface area contributed by atoms with E-state index in [1.165, 1.54) is 11.3 Å². The maximum absolute atomic E-state index is 12.5. The summed E-state index contributed by atoms with van der Waals surface area (Å²) in [5.41, 5.74) is 0.703. The van der Waals surface area contributed by atoms with Gasteiger partial charge in [-0.05, 0) is 24.7 Å². The number of aromatic amines is 1. The summed E-state index contributed by atoms with van der Waals surface area (Å²) in [5, 5.41) is 3.33. The highest BCUT2D eigenvalue weighted by Gasteiger charge is 2.21. The van der Waals surface area contributed by atoms with Crippen LogP contribution in [0.3, 0.4) is 0 Å². The van der Waals surface area contributed by atoms with Crippen LogP contribution in [-0.2, 0) is 0 Å². The molecular weight excluding hydrogens is 374 g/mol. The van der Waals surface area contributed by atoms with Crippen molar-refractivity contribution in [1.29, 1.82) is 0 Å². The largest absolute Gasteiger partial charge is 0.454 e. The van der Waals surface area contributed by atoms with Crippen molar-refractivity contribution in [2.75, 3.05) is 13.3 Å². The summed E-state index contributed by atoms with van der Waals surface area (Å²) in [6.07, 6.45) is 3.06. The van der Waals surface area contributed by atoms with Crippen molar-refractivity contribution in [1.82, 2.24) is 14.7 Å². The molecule has 2 aromatic heterocycles. The summed E-state index contributed by atoms with van der Waals surface area (Å²) in [6.45, 7) is 2.82. The lowest BCUT2D eigenvalue weighted by Gasteiger charge is -2.06. The van der Waals surface area contributed by atoms with Crippen molar-refractivity contribution in [2.45, 2.75) is 26.2 Å². The van der Waals surface area contributed by atoms with Gasteiger partial charge >= 0.3 is 0 Å². The molecule has 0 spiro atoms. The minimum atomic E-state index is -0.300. The van der Waals surface area contributed by atoms with Crippen molar-refractivity contribution in [3.63, 3.8) is 0 Å². The first-order valence-electron chi connectivity index (χ1n) is 8.39. The van der Waals surface area contributed by atoms with Gasteiger partial charge in [-0.3, -0.25) is 14.0 Å². The van der Waals surface area contributed by atoms with E-state index in [0.717, 1.165) is 19.3 Å². The van der Waals surface area contributed by atoms with Crippen LogP contribution in [0.15, 0.2) is 16.9 Å². The van der Waals surface area contributed by atoms with E-state index in [4.69, 9.17) is 21.7 Å². The highest BCUT2D eigenvalue weighted by Crippen LogP contribution is 2.35. The number of hydrogen-bond donors (Lipinski definition) is 2. The lowest BCUT2D eigenvalue weighted by Crippen LogP contribution is -2.24. The van der Waals surface area contributed by atoms with Crippen molar-refractivity contribution < 1.29 is 14.3 Å². The van der Waals surface area contributed by atoms with Crippen LogP contribution in [0.5, 0.6) is 11.5 Å². The molecule has 0 atom stereocenters. The van der Waals surface area contributed by atoms with Crippen LogP contribution in [0, 0.1) is 3.95 Å². The Balaban J connectivity index is 1.84. The molecule has 7 nitrogen and oxygen atoms in total. The standard InChI is InChI=1S/C17H17N3O4S2/c1-2-3-4-5-18-16(22)13-14-19-15(21)9-6-11-12(24-8-23-11)7-10(9)20(14)17(25)26-13/h6-7H,2-5,8H2,1H3,(H,18,22)(H,19,21). The number of nitrogens with one attached hydrogen (secondary N) is 2. The summed E-state index contributed by atoms with van der Waals surface area (Å²) in [7, 11) is 0. The fraction of sp³-hybridized carbons (Fsp3) is 0.353. The topological polar surface area (TPSA) is 84.8 Å². The second kappa shape index (κ2) is 6.73. The van der Waals surface area contributed by atoms with Crippen LogP contribution in [0.25, 0.3) is 16.6 Å². The zero-order valence-electron chi connectivity index (χ0n) is 14.1. The summed E-state index contributed by atoms with van der Waals surface area (Å²) in [6, 6.07) is 3.37. The van der Waals surface area contributed by atoms with Crippen molar-refractivity contribution in [3.8, 4) is 11.5 Å². The van der Waals surface area contributed by atoms with Gasteiger partial charge in [0.1, 0.15) is 10.5 Å². The summed E-state index contributed by atoms with van der Waals surface area (Å²) in [4.78, 5) is 28.3. The Labute approximate surface area is 157 Å². The molecule has 0 saturated heterocycles. The Kier molecular flexibility index (Phi) is 4.41. The molecule has 1 aromatic carbocycles. The second-order valence-corrected chi connectivity index (χ2v) is 7.67. The number of nitrogens with zero attached hydrogens (tertiary/aromatic N) is 1. The van der Waals surface area contributed by atoms with Crippen molar-refractivity contribution in [2.24, 2.45) is 0 Å². The van der Waals surface area contributed by atoms with Gasteiger partial charge in [-0.1, -0.05) is 31.1 Å². The SMILES string of the molecule is CCCCCNC(=O)c1sc(=S)n2c1[nH]c(=O)c1cc3c(cc12)OCO3. The third-order valence-electron chi connectivity index (χ3n) is 4.29. The Hall–Kier alpha value is -2.39. The average molecular weight is 391 g/mol. The molecule has 9 heteroatoms. The van der Waals surface area contributed by atoms with Gasteiger partial charge in [0.2, 0.25) is 6.79 Å². The first kappa shape index (κ1) is 17.0.